The summed E-state index contributed by atoms with van der Waals surface area (Å²) in [6, 6.07) is 0. The first-order chi connectivity index (χ1) is 7.59. The standard InChI is InChI=1S/C14H18P2/c1-9-7-15-13(11(9)3)5-6-14-12(4)10(2)8-16-14/h5-8,15-16H,1-4H3/b6-5+. The zero-order chi connectivity index (χ0) is 11.7. The van der Waals surface area contributed by atoms with Crippen molar-refractivity contribution in [1.82, 2.24) is 0 Å². The van der Waals surface area contributed by atoms with Crippen molar-refractivity contribution >= 4 is 28.5 Å². The van der Waals surface area contributed by atoms with Crippen LogP contribution in [0.25, 0.3) is 12.2 Å². The van der Waals surface area contributed by atoms with Gasteiger partial charge >= 0.3 is 0 Å². The Morgan fingerprint density at radius 2 is 1.12 bits per heavy atom. The highest BCUT2D eigenvalue weighted by Gasteiger charge is 2.01. The largest absolute Gasteiger partial charge is 0.132 e. The maximum absolute atomic E-state index is 2.34. The number of hydrogen-bond acceptors (Lipinski definition) is 0. The van der Waals surface area contributed by atoms with Crippen LogP contribution < -0.4 is 0 Å². The van der Waals surface area contributed by atoms with E-state index in [2.05, 4.69) is 51.4 Å². The van der Waals surface area contributed by atoms with Crippen LogP contribution in [0.4, 0.5) is 0 Å². The zero-order valence-electron chi connectivity index (χ0n) is 10.3. The van der Waals surface area contributed by atoms with Crippen molar-refractivity contribution in [3.63, 3.8) is 0 Å². The molecule has 2 atom stereocenters. The number of hydrogen-bond donors (Lipinski definition) is 0. The van der Waals surface area contributed by atoms with Crippen molar-refractivity contribution < 1.29 is 0 Å². The molecule has 2 aromatic rings. The van der Waals surface area contributed by atoms with Crippen LogP contribution in [0.1, 0.15) is 32.8 Å². The number of aryl methyl sites for hydroxylation is 2. The molecule has 0 spiro atoms. The third-order valence-corrected chi connectivity index (χ3v) is 6.16. The van der Waals surface area contributed by atoms with Gasteiger partial charge in [-0.25, -0.2) is 0 Å². The van der Waals surface area contributed by atoms with Crippen molar-refractivity contribution in [2.45, 2.75) is 27.7 Å². The fourth-order valence-corrected chi connectivity index (χ4v) is 4.11. The first kappa shape index (κ1) is 11.8. The van der Waals surface area contributed by atoms with Crippen LogP contribution in [-0.4, -0.2) is 0 Å². The summed E-state index contributed by atoms with van der Waals surface area (Å²) in [4.78, 5) is 0. The maximum atomic E-state index is 2.34. The van der Waals surface area contributed by atoms with Crippen LogP contribution in [-0.2, 0) is 0 Å². The van der Waals surface area contributed by atoms with Gasteiger partial charge in [-0.05, 0) is 72.1 Å². The van der Waals surface area contributed by atoms with E-state index in [0.29, 0.717) is 0 Å². The molecule has 2 rings (SSSR count). The van der Waals surface area contributed by atoms with Crippen molar-refractivity contribution in [3.8, 4) is 0 Å². The predicted octanol–water partition coefficient (Wildman–Crippen LogP) is 5.15. The molecule has 0 fully saturated rings. The van der Waals surface area contributed by atoms with E-state index in [1.54, 1.807) is 0 Å². The second-order valence-electron chi connectivity index (χ2n) is 4.35. The first-order valence-electron chi connectivity index (χ1n) is 5.57. The summed E-state index contributed by atoms with van der Waals surface area (Å²) < 4.78 is 0. The lowest BCUT2D eigenvalue weighted by Gasteiger charge is -1.95. The second-order valence-corrected chi connectivity index (χ2v) is 6.59. The molecule has 0 saturated carbocycles. The van der Waals surface area contributed by atoms with Crippen molar-refractivity contribution in [1.29, 1.82) is 0 Å². The van der Waals surface area contributed by atoms with Crippen LogP contribution in [0.3, 0.4) is 0 Å². The SMILES string of the molecule is Cc1c[pH]c(/C=C/c2[pH]cc(C)c2C)c1C. The van der Waals surface area contributed by atoms with Gasteiger partial charge in [0.2, 0.25) is 0 Å². The molecule has 0 N–H and O–H groups in total. The molecule has 2 aromatic heterocycles. The van der Waals surface area contributed by atoms with Crippen LogP contribution in [0.5, 0.6) is 0 Å². The Morgan fingerprint density at radius 3 is 1.38 bits per heavy atom. The van der Waals surface area contributed by atoms with Gasteiger partial charge in [-0.15, -0.1) is 16.4 Å². The summed E-state index contributed by atoms with van der Waals surface area (Å²) in [5, 5.41) is 3.01. The first-order valence-corrected chi connectivity index (χ1v) is 7.72. The Morgan fingerprint density at radius 1 is 0.750 bits per heavy atom. The van der Waals surface area contributed by atoms with Gasteiger partial charge in [0.15, 0.2) is 0 Å². The Hall–Kier alpha value is -0.700. The molecule has 0 saturated heterocycles. The highest BCUT2D eigenvalue weighted by Crippen LogP contribution is 2.31. The minimum Gasteiger partial charge on any atom is -0.132 e. The molecule has 2 heteroatoms. The minimum absolute atomic E-state index is 0.863. The van der Waals surface area contributed by atoms with Crippen LogP contribution in [0, 0.1) is 27.7 Å². The molecule has 0 amide bonds. The zero-order valence-corrected chi connectivity index (χ0v) is 12.3. The van der Waals surface area contributed by atoms with E-state index < -0.39 is 0 Å². The molecule has 0 aliphatic rings. The van der Waals surface area contributed by atoms with E-state index in [4.69, 9.17) is 0 Å². The molecule has 84 valence electrons. The Bertz CT molecular complexity index is 479. The highest BCUT2D eigenvalue weighted by molar-refractivity contribution is 7.32. The molecule has 0 aliphatic carbocycles. The van der Waals surface area contributed by atoms with Crippen molar-refractivity contribution in [2.24, 2.45) is 0 Å². The second kappa shape index (κ2) is 4.66. The third-order valence-electron chi connectivity index (χ3n) is 3.30. The monoisotopic (exact) mass is 248 g/mol. The van der Waals surface area contributed by atoms with Gasteiger partial charge < -0.3 is 0 Å². The fraction of sp³-hybridized carbons (Fsp3) is 0.286. The lowest BCUT2D eigenvalue weighted by molar-refractivity contribution is 1.39. The Kier molecular flexibility index (Phi) is 3.43. The average molecular weight is 248 g/mol. The summed E-state index contributed by atoms with van der Waals surface area (Å²) in [5.41, 5.74) is 5.84. The number of rotatable bonds is 2. The van der Waals surface area contributed by atoms with E-state index in [-0.39, 0.29) is 0 Å². The molecular weight excluding hydrogens is 230 g/mol. The fourth-order valence-electron chi connectivity index (χ4n) is 1.74. The quantitative estimate of drug-likeness (QED) is 0.689. The van der Waals surface area contributed by atoms with E-state index in [9.17, 15) is 0 Å². The summed E-state index contributed by atoms with van der Waals surface area (Å²) in [6.07, 6.45) is 4.64. The van der Waals surface area contributed by atoms with E-state index in [1.807, 2.05) is 0 Å². The van der Waals surface area contributed by atoms with Gasteiger partial charge in [-0.3, -0.25) is 0 Å². The molecule has 2 heterocycles. The molecular formula is C14H18P2. The van der Waals surface area contributed by atoms with Crippen LogP contribution in [0.15, 0.2) is 11.6 Å². The Labute approximate surface area is 101 Å². The summed E-state index contributed by atoms with van der Waals surface area (Å²) in [6.45, 7) is 8.87. The van der Waals surface area contributed by atoms with Gasteiger partial charge in [-0.1, -0.05) is 12.2 Å². The van der Waals surface area contributed by atoms with E-state index >= 15 is 0 Å². The maximum Gasteiger partial charge on any atom is -0.00584 e. The average Bonchev–Trinajstić information content (AvgIpc) is 2.74. The normalized spacial score (nSPS) is 12.5. The molecule has 0 radical (unpaired) electrons. The molecule has 16 heavy (non-hydrogen) atoms. The van der Waals surface area contributed by atoms with Crippen LogP contribution >= 0.6 is 16.4 Å². The molecule has 0 aromatic carbocycles. The van der Waals surface area contributed by atoms with Gasteiger partial charge in [0.1, 0.15) is 0 Å². The van der Waals surface area contributed by atoms with Crippen LogP contribution in [0.2, 0.25) is 0 Å². The van der Waals surface area contributed by atoms with Gasteiger partial charge in [0.05, 0.1) is 0 Å². The molecule has 2 unspecified atom stereocenters. The van der Waals surface area contributed by atoms with E-state index in [0.717, 1.165) is 16.4 Å². The van der Waals surface area contributed by atoms with Gasteiger partial charge in [0, 0.05) is 0 Å². The van der Waals surface area contributed by atoms with Crippen molar-refractivity contribution in [2.75, 3.05) is 0 Å². The third kappa shape index (κ3) is 2.19. The van der Waals surface area contributed by atoms with E-state index in [1.165, 1.54) is 32.8 Å². The Balaban J connectivity index is 2.28. The summed E-state index contributed by atoms with van der Waals surface area (Å²) >= 11 is 0. The lowest BCUT2D eigenvalue weighted by atomic mass is 10.1. The predicted molar refractivity (Wildman–Crippen MR) is 79.8 cm³/mol. The summed E-state index contributed by atoms with van der Waals surface area (Å²) in [7, 11) is 1.73. The smallest absolute Gasteiger partial charge is 0.00584 e. The molecule has 0 bridgehead atoms. The topological polar surface area (TPSA) is 0 Å². The molecule has 0 aliphatic heterocycles. The highest BCUT2D eigenvalue weighted by atomic mass is 31.0. The van der Waals surface area contributed by atoms with Gasteiger partial charge in [0.25, 0.3) is 0 Å². The summed E-state index contributed by atoms with van der Waals surface area (Å²) in [5.74, 6) is 4.69. The van der Waals surface area contributed by atoms with Gasteiger partial charge in [-0.2, -0.15) is 0 Å². The molecule has 0 nitrogen and oxygen atoms in total. The van der Waals surface area contributed by atoms with Crippen molar-refractivity contribution in [3.05, 3.63) is 44.4 Å². The lowest BCUT2D eigenvalue weighted by Crippen LogP contribution is -1.75. The minimum atomic E-state index is 0.863.